The first-order valence-corrected chi connectivity index (χ1v) is 9.24. The summed E-state index contributed by atoms with van der Waals surface area (Å²) in [7, 11) is -2.49. The van der Waals surface area contributed by atoms with Crippen molar-refractivity contribution in [1.82, 2.24) is 9.29 Å². The van der Waals surface area contributed by atoms with Gasteiger partial charge in [0.1, 0.15) is 0 Å². The van der Waals surface area contributed by atoms with Gasteiger partial charge in [-0.1, -0.05) is 0 Å². The van der Waals surface area contributed by atoms with Crippen LogP contribution in [0.5, 0.6) is 0 Å². The Morgan fingerprint density at radius 3 is 2.80 bits per heavy atom. The number of nitrogens with zero attached hydrogens (tertiary/aromatic N) is 2. The maximum atomic E-state index is 12.7. The van der Waals surface area contributed by atoms with Gasteiger partial charge in [-0.15, -0.1) is 11.3 Å². The lowest BCUT2D eigenvalue weighted by atomic mass is 10.2. The van der Waals surface area contributed by atoms with Crippen LogP contribution in [0.3, 0.4) is 0 Å². The van der Waals surface area contributed by atoms with Crippen molar-refractivity contribution in [3.8, 4) is 0 Å². The molecule has 9 heteroatoms. The molecule has 0 aromatic carbocycles. The molecule has 112 valence electrons. The Bertz CT molecular complexity index is 609. The number of carbonyl (C=O) groups excluding carboxylic acids is 1. The summed E-state index contributed by atoms with van der Waals surface area (Å²) >= 11 is 2.69. The summed E-state index contributed by atoms with van der Waals surface area (Å²) in [5.41, 5.74) is 1.22. The number of thioether (sulfide) groups is 1. The molecule has 0 spiro atoms. The summed E-state index contributed by atoms with van der Waals surface area (Å²) < 4.78 is 31.1. The highest BCUT2D eigenvalue weighted by Crippen LogP contribution is 2.34. The predicted molar refractivity (Wildman–Crippen MR) is 78.7 cm³/mol. The molecular formula is C11H16N2O4S3. The largest absolute Gasteiger partial charge is 0.464 e. The molecule has 0 unspecified atom stereocenters. The maximum absolute atomic E-state index is 12.7. The van der Waals surface area contributed by atoms with Crippen molar-refractivity contribution in [2.75, 3.05) is 26.0 Å². The first-order valence-electron chi connectivity index (χ1n) is 5.94. The number of methoxy groups -OCH3 is 1. The van der Waals surface area contributed by atoms with Crippen LogP contribution < -0.4 is 0 Å². The van der Waals surface area contributed by atoms with Gasteiger partial charge in [-0.25, -0.2) is 18.2 Å². The maximum Gasteiger partial charge on any atom is 0.358 e. The molecule has 1 aromatic heterocycles. The zero-order valence-electron chi connectivity index (χ0n) is 11.5. The standard InChI is InChI=1S/C11H16N2O4S3/c1-11(2)6-13(4-5-19-11)20(15,16)10-8(9(14)17-3)12-7-18-10/h7H,4-6H2,1-3H3. The Kier molecular flexibility index (Phi) is 4.43. The zero-order valence-corrected chi connectivity index (χ0v) is 13.9. The number of thiazole rings is 1. The number of hydrogen-bond acceptors (Lipinski definition) is 7. The van der Waals surface area contributed by atoms with Crippen molar-refractivity contribution in [2.24, 2.45) is 0 Å². The van der Waals surface area contributed by atoms with Gasteiger partial charge in [0.2, 0.25) is 0 Å². The van der Waals surface area contributed by atoms with Crippen LogP contribution in [0.2, 0.25) is 0 Å². The lowest BCUT2D eigenvalue weighted by Crippen LogP contribution is -2.46. The average Bonchev–Trinajstić information content (AvgIpc) is 2.86. The SMILES string of the molecule is COC(=O)c1ncsc1S(=O)(=O)N1CCSC(C)(C)C1. The third-order valence-corrected chi connectivity index (χ3v) is 7.37. The Balaban J connectivity index is 2.36. The van der Waals surface area contributed by atoms with Gasteiger partial charge in [-0.3, -0.25) is 0 Å². The van der Waals surface area contributed by atoms with Crippen LogP contribution in [0.4, 0.5) is 0 Å². The van der Waals surface area contributed by atoms with Crippen molar-refractivity contribution < 1.29 is 17.9 Å². The smallest absolute Gasteiger partial charge is 0.358 e. The minimum absolute atomic E-state index is 0.0351. The lowest BCUT2D eigenvalue weighted by molar-refractivity contribution is 0.0590. The number of carbonyl (C=O) groups is 1. The second-order valence-corrected chi connectivity index (χ2v) is 9.72. The molecule has 1 saturated heterocycles. The second kappa shape index (κ2) is 5.63. The minimum Gasteiger partial charge on any atom is -0.464 e. The van der Waals surface area contributed by atoms with Gasteiger partial charge >= 0.3 is 5.97 Å². The third-order valence-electron chi connectivity index (χ3n) is 2.88. The number of aromatic nitrogens is 1. The minimum atomic E-state index is -3.70. The summed E-state index contributed by atoms with van der Waals surface area (Å²) in [4.78, 5) is 15.4. The molecule has 0 saturated carbocycles. The Hall–Kier alpha value is -0.640. The van der Waals surface area contributed by atoms with Crippen LogP contribution in [0, 0.1) is 0 Å². The first-order chi connectivity index (χ1) is 9.28. The number of esters is 1. The van der Waals surface area contributed by atoms with E-state index < -0.39 is 16.0 Å². The first kappa shape index (κ1) is 15.7. The molecule has 1 fully saturated rings. The van der Waals surface area contributed by atoms with Crippen LogP contribution in [-0.2, 0) is 14.8 Å². The highest BCUT2D eigenvalue weighted by Gasteiger charge is 2.37. The van der Waals surface area contributed by atoms with E-state index in [0.29, 0.717) is 13.1 Å². The van der Waals surface area contributed by atoms with Crippen LogP contribution in [0.1, 0.15) is 24.3 Å². The third kappa shape index (κ3) is 3.00. The fraction of sp³-hybridized carbons (Fsp3) is 0.636. The van der Waals surface area contributed by atoms with E-state index in [1.54, 1.807) is 11.8 Å². The lowest BCUT2D eigenvalue weighted by Gasteiger charge is -2.36. The van der Waals surface area contributed by atoms with E-state index >= 15 is 0 Å². The zero-order chi connectivity index (χ0) is 15.0. The van der Waals surface area contributed by atoms with Crippen molar-refractivity contribution >= 4 is 39.1 Å². The fourth-order valence-electron chi connectivity index (χ4n) is 1.95. The fourth-order valence-corrected chi connectivity index (χ4v) is 6.13. The molecule has 2 rings (SSSR count). The molecule has 0 aliphatic carbocycles. The van der Waals surface area contributed by atoms with Crippen LogP contribution in [0.25, 0.3) is 0 Å². The van der Waals surface area contributed by atoms with Crippen molar-refractivity contribution in [2.45, 2.75) is 22.8 Å². The molecule has 0 radical (unpaired) electrons. The van der Waals surface area contributed by atoms with Gasteiger partial charge in [-0.2, -0.15) is 16.1 Å². The quantitative estimate of drug-likeness (QED) is 0.778. The monoisotopic (exact) mass is 336 g/mol. The van der Waals surface area contributed by atoms with Crippen molar-refractivity contribution in [3.05, 3.63) is 11.2 Å². The molecule has 1 aliphatic rings. The molecule has 0 N–H and O–H groups in total. The highest BCUT2D eigenvalue weighted by atomic mass is 32.2. The van der Waals surface area contributed by atoms with Crippen molar-refractivity contribution in [1.29, 1.82) is 0 Å². The summed E-state index contributed by atoms with van der Waals surface area (Å²) in [6.07, 6.45) is 0. The van der Waals surface area contributed by atoms with E-state index in [2.05, 4.69) is 9.72 Å². The molecule has 1 aliphatic heterocycles. The normalized spacial score (nSPS) is 19.8. The van der Waals surface area contributed by atoms with E-state index in [4.69, 9.17) is 0 Å². The van der Waals surface area contributed by atoms with Crippen LogP contribution in [-0.4, -0.2) is 54.4 Å². The molecule has 1 aromatic rings. The summed E-state index contributed by atoms with van der Waals surface area (Å²) in [6.45, 7) is 4.87. The number of hydrogen-bond donors (Lipinski definition) is 0. The number of ether oxygens (including phenoxy) is 1. The Morgan fingerprint density at radius 2 is 2.20 bits per heavy atom. The topological polar surface area (TPSA) is 76.6 Å². The number of rotatable bonds is 3. The van der Waals surface area contributed by atoms with Gasteiger partial charge in [0.15, 0.2) is 9.90 Å². The number of sulfonamides is 1. The van der Waals surface area contributed by atoms with Crippen LogP contribution in [0.15, 0.2) is 9.72 Å². The predicted octanol–water partition coefficient (Wildman–Crippen LogP) is 1.45. The van der Waals surface area contributed by atoms with Crippen molar-refractivity contribution in [3.63, 3.8) is 0 Å². The summed E-state index contributed by atoms with van der Waals surface area (Å²) in [6, 6.07) is 0. The molecule has 0 atom stereocenters. The van der Waals surface area contributed by atoms with E-state index in [9.17, 15) is 13.2 Å². The second-order valence-electron chi connectivity index (χ2n) is 4.93. The Labute approximate surface area is 126 Å². The van der Waals surface area contributed by atoms with E-state index in [1.165, 1.54) is 16.9 Å². The van der Waals surface area contributed by atoms with E-state index in [0.717, 1.165) is 17.1 Å². The summed E-state index contributed by atoms with van der Waals surface area (Å²) in [5.74, 6) is 0.00830. The van der Waals surface area contributed by atoms with E-state index in [-0.39, 0.29) is 14.7 Å². The van der Waals surface area contributed by atoms with Crippen LogP contribution >= 0.6 is 23.1 Å². The molecular weight excluding hydrogens is 320 g/mol. The molecule has 6 nitrogen and oxygen atoms in total. The van der Waals surface area contributed by atoms with Gasteiger partial charge in [0, 0.05) is 23.6 Å². The highest BCUT2D eigenvalue weighted by molar-refractivity contribution is 8.00. The molecule has 20 heavy (non-hydrogen) atoms. The van der Waals surface area contributed by atoms with Gasteiger partial charge in [0.25, 0.3) is 10.0 Å². The Morgan fingerprint density at radius 1 is 1.50 bits per heavy atom. The summed E-state index contributed by atoms with van der Waals surface area (Å²) in [5, 5.41) is 0. The molecule has 0 bridgehead atoms. The van der Waals surface area contributed by atoms with Gasteiger partial charge in [-0.05, 0) is 13.8 Å². The van der Waals surface area contributed by atoms with Gasteiger partial charge < -0.3 is 4.74 Å². The average molecular weight is 336 g/mol. The molecule has 0 amide bonds. The van der Waals surface area contributed by atoms with Gasteiger partial charge in [0.05, 0.1) is 12.6 Å². The molecule has 2 heterocycles. The van der Waals surface area contributed by atoms with E-state index in [1.807, 2.05) is 13.8 Å².